The van der Waals surface area contributed by atoms with E-state index in [0.717, 1.165) is 35.1 Å². The summed E-state index contributed by atoms with van der Waals surface area (Å²) in [5.41, 5.74) is 10.2. The number of hydrogen-bond donors (Lipinski definition) is 6. The number of hydrogen-bond acceptors (Lipinski definition) is 16. The molecule has 9 amide bonds. The molecule has 25 heteroatoms. The Morgan fingerprint density at radius 1 is 0.860 bits per heavy atom. The average Bonchev–Trinajstić information content (AvgIpc) is 1.60. The van der Waals surface area contributed by atoms with Crippen molar-refractivity contribution in [3.05, 3.63) is 35.9 Å². The van der Waals surface area contributed by atoms with Crippen molar-refractivity contribution >= 4 is 70.9 Å². The number of carboxylic acids is 1. The van der Waals surface area contributed by atoms with Gasteiger partial charge in [0.25, 0.3) is 5.91 Å². The van der Waals surface area contributed by atoms with Gasteiger partial charge in [0.05, 0.1) is 54.5 Å². The lowest BCUT2D eigenvalue weighted by Crippen LogP contribution is -2.60. The van der Waals surface area contributed by atoms with Gasteiger partial charge in [-0.2, -0.15) is 0 Å². The molecule has 3 heterocycles. The zero-order chi connectivity index (χ0) is 63.6. The van der Waals surface area contributed by atoms with Crippen LogP contribution in [0.15, 0.2) is 30.3 Å². The van der Waals surface area contributed by atoms with Crippen molar-refractivity contribution in [2.75, 3.05) is 66.9 Å². The molecule has 9 unspecified atom stereocenters. The number of imide groups is 1. The molecule has 1 aromatic rings. The van der Waals surface area contributed by atoms with E-state index >= 15 is 0 Å². The van der Waals surface area contributed by atoms with Crippen molar-refractivity contribution in [1.82, 2.24) is 46.1 Å². The predicted octanol–water partition coefficient (Wildman–Crippen LogP) is 3.36. The molecule has 0 aromatic heterocycles. The fourth-order valence-corrected chi connectivity index (χ4v) is 13.4. The Bertz CT molecular complexity index is 2490. The van der Waals surface area contributed by atoms with Crippen LogP contribution in [0.1, 0.15) is 150 Å². The summed E-state index contributed by atoms with van der Waals surface area (Å²) in [7, 11) is 6.52. The molecular formula is C61H98N10O14S. The number of benzene rings is 1. The minimum absolute atomic E-state index is 0.00912. The quantitative estimate of drug-likeness (QED) is 0.0327. The molecule has 3 aliphatic heterocycles. The Morgan fingerprint density at radius 3 is 2.13 bits per heavy atom. The van der Waals surface area contributed by atoms with Gasteiger partial charge in [-0.15, -0.1) is 11.8 Å². The van der Waals surface area contributed by atoms with Crippen LogP contribution in [0.2, 0.25) is 0 Å². The number of nitrogens with zero attached hydrogens (tertiary/aromatic N) is 5. The second-order valence-electron chi connectivity index (χ2n) is 24.4. The molecule has 7 N–H and O–H groups in total. The minimum Gasteiger partial charge on any atom is -0.480 e. The van der Waals surface area contributed by atoms with E-state index in [2.05, 4.69) is 21.5 Å². The number of rotatable bonds is 34. The number of carbonyl (C=O) groups is 10. The molecule has 482 valence electrons. The second-order valence-corrected chi connectivity index (χ2v) is 25.7. The molecule has 86 heavy (non-hydrogen) atoms. The van der Waals surface area contributed by atoms with Crippen LogP contribution in [0.4, 0.5) is 0 Å². The Morgan fingerprint density at radius 2 is 1.53 bits per heavy atom. The van der Waals surface area contributed by atoms with Crippen molar-refractivity contribution in [2.24, 2.45) is 29.4 Å². The number of hydrazine groups is 1. The normalized spacial score (nSPS) is 22.4. The van der Waals surface area contributed by atoms with Crippen LogP contribution in [0.25, 0.3) is 0 Å². The maximum absolute atomic E-state index is 14.8. The summed E-state index contributed by atoms with van der Waals surface area (Å²) in [5.74, 6) is -5.90. The van der Waals surface area contributed by atoms with Crippen LogP contribution in [0.3, 0.4) is 0 Å². The smallest absolute Gasteiger partial charge is 0.321 e. The monoisotopic (exact) mass is 1230 g/mol. The Kier molecular flexibility index (Phi) is 27.7. The van der Waals surface area contributed by atoms with Gasteiger partial charge >= 0.3 is 5.97 Å². The van der Waals surface area contributed by atoms with Crippen LogP contribution >= 0.6 is 11.8 Å². The highest BCUT2D eigenvalue weighted by Crippen LogP contribution is 2.53. The van der Waals surface area contributed by atoms with E-state index in [-0.39, 0.29) is 103 Å². The number of aliphatic carboxylic acids is 1. The van der Waals surface area contributed by atoms with Crippen LogP contribution in [0, 0.1) is 23.7 Å². The van der Waals surface area contributed by atoms with Crippen molar-refractivity contribution in [1.29, 1.82) is 0 Å². The van der Waals surface area contributed by atoms with Crippen molar-refractivity contribution in [3.63, 3.8) is 0 Å². The van der Waals surface area contributed by atoms with Crippen LogP contribution in [-0.2, 0) is 62.3 Å². The number of unbranched alkanes of at least 4 members (excludes halogenated alkanes) is 2. The predicted molar refractivity (Wildman–Crippen MR) is 323 cm³/mol. The molecular weight excluding hydrogens is 1130 g/mol. The Labute approximate surface area is 512 Å². The Hall–Kier alpha value is -5.73. The van der Waals surface area contributed by atoms with Crippen molar-refractivity contribution in [2.45, 2.75) is 197 Å². The third-order valence-corrected chi connectivity index (χ3v) is 18.8. The lowest BCUT2D eigenvalue weighted by atomic mass is 9.89. The van der Waals surface area contributed by atoms with E-state index in [4.69, 9.17) is 25.2 Å². The standard InChI is InChI=1S/C61H98N10O14S/c1-12-39(6)53(45(83-10)33-49(74)69-30-21-25-44(69)54(84-11)40(7)55(76)64-61(60(82)71-31-19-20-32-85-71)35-42(61)41-23-15-13-16-24-41)68(9)58(79)51(37(2)3)63-56(77)52(38(4)5)67(8)28-22-27-48(73)66-65-47(72)26-17-14-18-29-70-50(75)34-46(57(70)78)86-36-43(62)59(80)81/h13,15-16,23-24,37-40,42-46,51-54H,12,14,17-22,25-36,62H2,1-11H3,(H,63,77)(H,64,76)(H,65,72)(H,66,73)(H,80,81)/t39?,40?,42-,43?,44+,45?,46?,51?,52?,53?,54?,61+/m1/s1. The van der Waals surface area contributed by atoms with Gasteiger partial charge in [0.2, 0.25) is 47.3 Å². The van der Waals surface area contributed by atoms with Gasteiger partial charge in [-0.05, 0) is 88.3 Å². The van der Waals surface area contributed by atoms with E-state index in [1.807, 2.05) is 76.8 Å². The topological polar surface area (TPSA) is 309 Å². The van der Waals surface area contributed by atoms with E-state index in [0.29, 0.717) is 77.6 Å². The molecule has 0 radical (unpaired) electrons. The van der Waals surface area contributed by atoms with E-state index in [1.54, 1.807) is 30.8 Å². The number of carbonyl (C=O) groups excluding carboxylic acids is 9. The minimum atomic E-state index is -1.18. The van der Waals surface area contributed by atoms with Gasteiger partial charge in [0, 0.05) is 71.8 Å². The van der Waals surface area contributed by atoms with E-state index < -0.39 is 76.9 Å². The maximum Gasteiger partial charge on any atom is 0.321 e. The van der Waals surface area contributed by atoms with Gasteiger partial charge in [0.15, 0.2) is 0 Å². The van der Waals surface area contributed by atoms with Crippen LogP contribution in [-0.4, -0.2) is 209 Å². The number of carboxylic acid groups (broad SMARTS) is 1. The number of likely N-dealkylation sites (N-methyl/N-ethyl adjacent to an activating group) is 2. The fraction of sp³-hybridized carbons (Fsp3) is 0.738. The zero-order valence-electron chi connectivity index (χ0n) is 52.5. The molecule has 1 aliphatic carbocycles. The molecule has 12 atom stereocenters. The van der Waals surface area contributed by atoms with Gasteiger partial charge in [-0.25, -0.2) is 5.06 Å². The number of methoxy groups -OCH3 is 2. The van der Waals surface area contributed by atoms with Crippen LogP contribution < -0.4 is 27.2 Å². The lowest BCUT2D eigenvalue weighted by Gasteiger charge is -2.41. The zero-order valence-corrected chi connectivity index (χ0v) is 53.3. The summed E-state index contributed by atoms with van der Waals surface area (Å²) in [5, 5.41) is 15.9. The number of nitrogens with one attached hydrogen (secondary N) is 4. The summed E-state index contributed by atoms with van der Waals surface area (Å²) in [6.07, 6.45) is 4.41. The van der Waals surface area contributed by atoms with Crippen molar-refractivity contribution < 1.29 is 67.4 Å². The summed E-state index contributed by atoms with van der Waals surface area (Å²) in [6, 6.07) is 5.87. The SMILES string of the molecule is CCC(C)C(C(CC(=O)N1CCC[C@H]1C(OC)C(C)C(=O)N[C@@]1(C(=O)N2CCCCO2)C[C@@H]1c1ccccc1)OC)N(C)C(=O)C(NC(=O)C(C(C)C)N(C)CCCC(=O)NNC(=O)CCCCCN1C(=O)CC(SCC(N)C(=O)O)C1=O)C(C)C. The molecule has 5 rings (SSSR count). The highest BCUT2D eigenvalue weighted by molar-refractivity contribution is 8.00. The molecule has 1 saturated carbocycles. The lowest BCUT2D eigenvalue weighted by molar-refractivity contribution is -0.200. The molecule has 3 saturated heterocycles. The van der Waals surface area contributed by atoms with Crippen molar-refractivity contribution in [3.8, 4) is 0 Å². The average molecular weight is 1230 g/mol. The highest BCUT2D eigenvalue weighted by atomic mass is 32.2. The highest BCUT2D eigenvalue weighted by Gasteiger charge is 2.64. The summed E-state index contributed by atoms with van der Waals surface area (Å²) >= 11 is 1.06. The van der Waals surface area contributed by atoms with Gasteiger partial charge in [-0.3, -0.25) is 73.4 Å². The van der Waals surface area contributed by atoms with E-state index in [9.17, 15) is 47.9 Å². The molecule has 0 bridgehead atoms. The number of likely N-dealkylation sites (tertiary alicyclic amines) is 2. The van der Waals surface area contributed by atoms with Gasteiger partial charge < -0.3 is 40.7 Å². The van der Waals surface area contributed by atoms with Gasteiger partial charge in [0.1, 0.15) is 17.6 Å². The number of nitrogens with two attached hydrogens (primary N) is 1. The third kappa shape index (κ3) is 18.7. The summed E-state index contributed by atoms with van der Waals surface area (Å²) in [4.78, 5) is 146. The molecule has 24 nitrogen and oxygen atoms in total. The largest absolute Gasteiger partial charge is 0.480 e. The first-order valence-corrected chi connectivity index (χ1v) is 31.8. The summed E-state index contributed by atoms with van der Waals surface area (Å²) in [6.45, 7) is 15.1. The van der Waals surface area contributed by atoms with Crippen LogP contribution in [0.5, 0.6) is 0 Å². The molecule has 4 aliphatic rings. The van der Waals surface area contributed by atoms with Gasteiger partial charge in [-0.1, -0.05) is 91.6 Å². The first kappa shape index (κ1) is 71.0. The summed E-state index contributed by atoms with van der Waals surface area (Å²) < 4.78 is 12.2. The molecule has 1 aromatic carbocycles. The number of amides is 9. The fourth-order valence-electron chi connectivity index (χ4n) is 12.3. The maximum atomic E-state index is 14.8. The second kappa shape index (κ2) is 33.6. The third-order valence-electron chi connectivity index (χ3n) is 17.5. The van der Waals surface area contributed by atoms with E-state index in [1.165, 1.54) is 19.3 Å². The Balaban J connectivity index is 1.12. The first-order chi connectivity index (χ1) is 40.8. The number of thioether (sulfide) groups is 1. The molecule has 4 fully saturated rings. The number of hydroxylamine groups is 2. The number of ether oxygens (including phenoxy) is 2. The molecule has 0 spiro atoms. The first-order valence-electron chi connectivity index (χ1n) is 30.8.